The lowest BCUT2D eigenvalue weighted by molar-refractivity contribution is 0.0977. The third kappa shape index (κ3) is 4.22. The van der Waals surface area contributed by atoms with Gasteiger partial charge in [-0.05, 0) is 48.9 Å². The summed E-state index contributed by atoms with van der Waals surface area (Å²) in [6.07, 6.45) is 4.92. The fraction of sp³-hybridized carbons (Fsp3) is 0.625. The molecule has 0 radical (unpaired) electrons. The fourth-order valence-electron chi connectivity index (χ4n) is 2.41. The van der Waals surface area contributed by atoms with Gasteiger partial charge in [0.1, 0.15) is 12.4 Å². The van der Waals surface area contributed by atoms with Crippen LogP contribution >= 0.6 is 0 Å². The number of hydrogen-bond donors (Lipinski definition) is 1. The van der Waals surface area contributed by atoms with Crippen LogP contribution in [0.5, 0.6) is 5.75 Å². The van der Waals surface area contributed by atoms with E-state index in [1.165, 1.54) is 5.56 Å². The van der Waals surface area contributed by atoms with Crippen molar-refractivity contribution in [1.29, 1.82) is 0 Å². The van der Waals surface area contributed by atoms with Crippen LogP contribution in [0, 0.1) is 0 Å². The first-order chi connectivity index (χ1) is 9.31. The highest BCUT2D eigenvalue weighted by Crippen LogP contribution is 2.32. The molecule has 0 saturated carbocycles. The maximum atomic E-state index is 9.97. The van der Waals surface area contributed by atoms with E-state index in [2.05, 4.69) is 13.0 Å². The summed E-state index contributed by atoms with van der Waals surface area (Å²) in [4.78, 5) is 0. The molecule has 3 nitrogen and oxygen atoms in total. The van der Waals surface area contributed by atoms with Gasteiger partial charge in [0.2, 0.25) is 0 Å². The monoisotopic (exact) mass is 264 g/mol. The predicted octanol–water partition coefficient (Wildman–Crippen LogP) is 3.25. The van der Waals surface area contributed by atoms with Gasteiger partial charge in [-0.3, -0.25) is 0 Å². The van der Waals surface area contributed by atoms with Crippen LogP contribution in [0.1, 0.15) is 49.8 Å². The van der Waals surface area contributed by atoms with Crippen LogP contribution in [0.25, 0.3) is 0 Å². The number of fused-ring (bicyclic) bond motifs is 1. The molecule has 0 amide bonds. The summed E-state index contributed by atoms with van der Waals surface area (Å²) in [6.45, 7) is 4.15. The van der Waals surface area contributed by atoms with Crippen molar-refractivity contribution in [3.05, 3.63) is 29.3 Å². The van der Waals surface area contributed by atoms with E-state index in [-0.39, 0.29) is 6.10 Å². The summed E-state index contributed by atoms with van der Waals surface area (Å²) in [7, 11) is 0. The minimum atomic E-state index is -0.326. The zero-order valence-electron chi connectivity index (χ0n) is 11.7. The highest BCUT2D eigenvalue weighted by Gasteiger charge is 2.18. The maximum absolute atomic E-state index is 9.97. The summed E-state index contributed by atoms with van der Waals surface area (Å²) < 4.78 is 11.1. The van der Waals surface area contributed by atoms with E-state index in [0.29, 0.717) is 13.2 Å². The third-order valence-corrected chi connectivity index (χ3v) is 3.54. The van der Waals surface area contributed by atoms with Crippen LogP contribution in [0.4, 0.5) is 0 Å². The first-order valence-corrected chi connectivity index (χ1v) is 7.32. The molecule has 1 aliphatic rings. The topological polar surface area (TPSA) is 38.7 Å². The van der Waals surface area contributed by atoms with Crippen molar-refractivity contribution in [1.82, 2.24) is 0 Å². The van der Waals surface area contributed by atoms with Gasteiger partial charge in [0, 0.05) is 6.61 Å². The summed E-state index contributed by atoms with van der Waals surface area (Å²) in [5.74, 6) is 0.832. The Balaban J connectivity index is 1.79. The summed E-state index contributed by atoms with van der Waals surface area (Å²) in [6, 6.07) is 6.04. The molecule has 0 fully saturated rings. The standard InChI is InChI=1S/C16H24O3/c1-2-3-9-18-10-11-19-14-8-7-13-5-4-6-16(17)15(13)12-14/h7-8,12,16-17H,2-6,9-11H2,1H3. The highest BCUT2D eigenvalue weighted by atomic mass is 16.5. The van der Waals surface area contributed by atoms with Crippen LogP contribution < -0.4 is 4.74 Å². The number of aliphatic hydroxyl groups is 1. The van der Waals surface area contributed by atoms with Gasteiger partial charge >= 0.3 is 0 Å². The van der Waals surface area contributed by atoms with E-state index < -0.39 is 0 Å². The predicted molar refractivity (Wildman–Crippen MR) is 75.6 cm³/mol. The number of ether oxygens (including phenoxy) is 2. The Morgan fingerprint density at radius 1 is 1.26 bits per heavy atom. The van der Waals surface area contributed by atoms with E-state index in [4.69, 9.17) is 9.47 Å². The van der Waals surface area contributed by atoms with Crippen molar-refractivity contribution in [3.8, 4) is 5.75 Å². The van der Waals surface area contributed by atoms with E-state index in [9.17, 15) is 5.11 Å². The fourth-order valence-corrected chi connectivity index (χ4v) is 2.41. The zero-order valence-corrected chi connectivity index (χ0v) is 11.7. The molecule has 0 aliphatic heterocycles. The van der Waals surface area contributed by atoms with Gasteiger partial charge in [-0.25, -0.2) is 0 Å². The van der Waals surface area contributed by atoms with Crippen molar-refractivity contribution < 1.29 is 14.6 Å². The molecule has 0 saturated heterocycles. The first-order valence-electron chi connectivity index (χ1n) is 7.32. The molecule has 1 unspecified atom stereocenters. The van der Waals surface area contributed by atoms with Crippen LogP contribution in [-0.4, -0.2) is 24.9 Å². The molecule has 1 atom stereocenters. The summed E-state index contributed by atoms with van der Waals surface area (Å²) >= 11 is 0. The molecule has 0 aromatic heterocycles. The van der Waals surface area contributed by atoms with E-state index >= 15 is 0 Å². The highest BCUT2D eigenvalue weighted by molar-refractivity contribution is 5.38. The largest absolute Gasteiger partial charge is 0.491 e. The van der Waals surface area contributed by atoms with E-state index in [1.807, 2.05) is 12.1 Å². The van der Waals surface area contributed by atoms with Gasteiger partial charge in [0.05, 0.1) is 12.7 Å². The third-order valence-electron chi connectivity index (χ3n) is 3.54. The first kappa shape index (κ1) is 14.4. The second-order valence-electron chi connectivity index (χ2n) is 5.08. The maximum Gasteiger partial charge on any atom is 0.119 e. The van der Waals surface area contributed by atoms with Gasteiger partial charge in [-0.15, -0.1) is 0 Å². The smallest absolute Gasteiger partial charge is 0.119 e. The quantitative estimate of drug-likeness (QED) is 0.768. The molecular weight excluding hydrogens is 240 g/mol. The Kier molecular flexibility index (Phi) is 5.67. The minimum Gasteiger partial charge on any atom is -0.491 e. The Hall–Kier alpha value is -1.06. The zero-order chi connectivity index (χ0) is 13.5. The molecule has 0 bridgehead atoms. The lowest BCUT2D eigenvalue weighted by Gasteiger charge is -2.22. The van der Waals surface area contributed by atoms with Gasteiger partial charge in [-0.2, -0.15) is 0 Å². The van der Waals surface area contributed by atoms with Crippen molar-refractivity contribution >= 4 is 0 Å². The molecule has 1 N–H and O–H groups in total. The normalized spacial score (nSPS) is 18.1. The average molecular weight is 264 g/mol. The van der Waals surface area contributed by atoms with Crippen LogP contribution in [0.3, 0.4) is 0 Å². The molecule has 1 aliphatic carbocycles. The van der Waals surface area contributed by atoms with Crippen LogP contribution in [0.15, 0.2) is 18.2 Å². The summed E-state index contributed by atoms with van der Waals surface area (Å²) in [5.41, 5.74) is 2.29. The molecule has 0 heterocycles. The lowest BCUT2D eigenvalue weighted by atomic mass is 9.89. The van der Waals surface area contributed by atoms with Gasteiger partial charge in [0.15, 0.2) is 0 Å². The Bertz CT molecular complexity index is 390. The number of unbranched alkanes of at least 4 members (excludes halogenated alkanes) is 1. The Labute approximate surface area is 115 Å². The van der Waals surface area contributed by atoms with Gasteiger partial charge in [-0.1, -0.05) is 19.4 Å². The average Bonchev–Trinajstić information content (AvgIpc) is 2.43. The summed E-state index contributed by atoms with van der Waals surface area (Å²) in [5, 5.41) is 9.97. The molecule has 19 heavy (non-hydrogen) atoms. The molecule has 1 aromatic carbocycles. The Morgan fingerprint density at radius 2 is 2.16 bits per heavy atom. The van der Waals surface area contributed by atoms with Crippen molar-refractivity contribution in [2.45, 2.75) is 45.1 Å². The van der Waals surface area contributed by atoms with E-state index in [0.717, 1.165) is 50.0 Å². The molecule has 1 aromatic rings. The minimum absolute atomic E-state index is 0.326. The molecule has 2 rings (SSSR count). The van der Waals surface area contributed by atoms with Gasteiger partial charge < -0.3 is 14.6 Å². The van der Waals surface area contributed by atoms with Crippen LogP contribution in [-0.2, 0) is 11.2 Å². The number of aryl methyl sites for hydroxylation is 1. The van der Waals surface area contributed by atoms with Crippen molar-refractivity contribution in [2.24, 2.45) is 0 Å². The lowest BCUT2D eigenvalue weighted by Crippen LogP contribution is -2.11. The molecule has 3 heteroatoms. The Morgan fingerprint density at radius 3 is 3.00 bits per heavy atom. The molecular formula is C16H24O3. The second kappa shape index (κ2) is 7.51. The SMILES string of the molecule is CCCCOCCOc1ccc2c(c1)C(O)CCC2. The number of rotatable bonds is 7. The number of benzene rings is 1. The second-order valence-corrected chi connectivity index (χ2v) is 5.08. The number of aliphatic hydroxyl groups excluding tert-OH is 1. The van der Waals surface area contributed by atoms with E-state index in [1.54, 1.807) is 0 Å². The van der Waals surface area contributed by atoms with Crippen molar-refractivity contribution in [2.75, 3.05) is 19.8 Å². The van der Waals surface area contributed by atoms with Crippen LogP contribution in [0.2, 0.25) is 0 Å². The molecule has 106 valence electrons. The molecule has 0 spiro atoms. The van der Waals surface area contributed by atoms with Crippen molar-refractivity contribution in [3.63, 3.8) is 0 Å². The number of hydrogen-bond acceptors (Lipinski definition) is 3. The van der Waals surface area contributed by atoms with Gasteiger partial charge in [0.25, 0.3) is 0 Å².